The standard InChI is InChI=1S/C14H18N2O2/c15-12-7-4-8-13(9-12)16-14(17)18-10-11-5-2-1-3-6-11/h1-3,5-6,12H,4,7-10,15H2/t12-/m1/s1. The van der Waals surface area contributed by atoms with Crippen molar-refractivity contribution in [2.45, 2.75) is 38.3 Å². The Bertz CT molecular complexity index is 429. The summed E-state index contributed by atoms with van der Waals surface area (Å²) in [4.78, 5) is 15.5. The maximum atomic E-state index is 11.5. The van der Waals surface area contributed by atoms with Crippen molar-refractivity contribution >= 4 is 11.8 Å². The molecular weight excluding hydrogens is 228 g/mol. The highest BCUT2D eigenvalue weighted by atomic mass is 16.5. The Morgan fingerprint density at radius 1 is 1.39 bits per heavy atom. The number of aliphatic imine (C=N–C) groups is 1. The molecule has 0 bridgehead atoms. The molecule has 0 aromatic heterocycles. The molecule has 96 valence electrons. The van der Waals surface area contributed by atoms with E-state index in [-0.39, 0.29) is 12.6 Å². The van der Waals surface area contributed by atoms with E-state index in [4.69, 9.17) is 10.5 Å². The zero-order valence-corrected chi connectivity index (χ0v) is 10.3. The fourth-order valence-electron chi connectivity index (χ4n) is 2.06. The van der Waals surface area contributed by atoms with E-state index in [2.05, 4.69) is 4.99 Å². The number of ether oxygens (including phenoxy) is 1. The molecule has 1 amide bonds. The number of carbonyl (C=O) groups excluding carboxylic acids is 1. The first-order valence-corrected chi connectivity index (χ1v) is 6.27. The highest BCUT2D eigenvalue weighted by Gasteiger charge is 2.15. The topological polar surface area (TPSA) is 64.7 Å². The highest BCUT2D eigenvalue weighted by Crippen LogP contribution is 2.14. The van der Waals surface area contributed by atoms with Crippen molar-refractivity contribution in [3.8, 4) is 0 Å². The van der Waals surface area contributed by atoms with Gasteiger partial charge in [0.15, 0.2) is 0 Å². The average molecular weight is 246 g/mol. The van der Waals surface area contributed by atoms with E-state index < -0.39 is 6.09 Å². The molecule has 1 aliphatic rings. The lowest BCUT2D eigenvalue weighted by molar-refractivity contribution is 0.150. The van der Waals surface area contributed by atoms with Crippen LogP contribution in [0.2, 0.25) is 0 Å². The second-order valence-electron chi connectivity index (χ2n) is 4.57. The molecule has 0 saturated heterocycles. The lowest BCUT2D eigenvalue weighted by atomic mass is 9.94. The third kappa shape index (κ3) is 3.96. The molecule has 0 heterocycles. The number of hydrogen-bond donors (Lipinski definition) is 1. The summed E-state index contributed by atoms with van der Waals surface area (Å²) in [6.07, 6.45) is 3.07. The van der Waals surface area contributed by atoms with Gasteiger partial charge in [0.05, 0.1) is 0 Å². The third-order valence-electron chi connectivity index (χ3n) is 2.99. The Kier molecular flexibility index (Phi) is 4.47. The van der Waals surface area contributed by atoms with Crippen molar-refractivity contribution < 1.29 is 9.53 Å². The van der Waals surface area contributed by atoms with Gasteiger partial charge in [-0.1, -0.05) is 30.3 Å². The van der Waals surface area contributed by atoms with Crippen molar-refractivity contribution in [3.63, 3.8) is 0 Å². The summed E-state index contributed by atoms with van der Waals surface area (Å²) in [6, 6.07) is 9.72. The van der Waals surface area contributed by atoms with Crippen molar-refractivity contribution in [3.05, 3.63) is 35.9 Å². The second-order valence-corrected chi connectivity index (χ2v) is 4.57. The zero-order chi connectivity index (χ0) is 12.8. The molecule has 18 heavy (non-hydrogen) atoms. The SMILES string of the molecule is N[C@@H]1CCCC(=NC(=O)OCc2ccccc2)C1. The molecule has 1 aromatic carbocycles. The van der Waals surface area contributed by atoms with Crippen LogP contribution in [-0.2, 0) is 11.3 Å². The quantitative estimate of drug-likeness (QED) is 0.872. The van der Waals surface area contributed by atoms with Gasteiger partial charge >= 0.3 is 6.09 Å². The van der Waals surface area contributed by atoms with E-state index in [9.17, 15) is 4.79 Å². The third-order valence-corrected chi connectivity index (χ3v) is 2.99. The average Bonchev–Trinajstić information content (AvgIpc) is 2.38. The molecule has 0 unspecified atom stereocenters. The molecule has 1 atom stereocenters. The Morgan fingerprint density at radius 2 is 2.17 bits per heavy atom. The first-order chi connectivity index (χ1) is 8.74. The molecule has 2 N–H and O–H groups in total. The number of rotatable bonds is 2. The van der Waals surface area contributed by atoms with Crippen molar-refractivity contribution in [1.82, 2.24) is 0 Å². The van der Waals surface area contributed by atoms with Gasteiger partial charge in [-0.2, -0.15) is 4.99 Å². The Hall–Kier alpha value is -1.68. The lowest BCUT2D eigenvalue weighted by Gasteiger charge is -2.18. The summed E-state index contributed by atoms with van der Waals surface area (Å²) >= 11 is 0. The van der Waals surface area contributed by atoms with Crippen LogP contribution in [-0.4, -0.2) is 17.8 Å². The van der Waals surface area contributed by atoms with Crippen LogP contribution >= 0.6 is 0 Å². The number of carbonyl (C=O) groups is 1. The minimum absolute atomic E-state index is 0.138. The van der Waals surface area contributed by atoms with E-state index in [1.165, 1.54) is 0 Å². The first kappa shape index (κ1) is 12.8. The highest BCUT2D eigenvalue weighted by molar-refractivity contribution is 5.94. The molecule has 0 aliphatic heterocycles. The minimum Gasteiger partial charge on any atom is -0.443 e. The van der Waals surface area contributed by atoms with Gasteiger partial charge in [-0.3, -0.25) is 0 Å². The Balaban J connectivity index is 1.83. The predicted octanol–water partition coefficient (Wildman–Crippen LogP) is 2.67. The summed E-state index contributed by atoms with van der Waals surface area (Å²) in [5.74, 6) is 0. The largest absolute Gasteiger partial charge is 0.443 e. The van der Waals surface area contributed by atoms with Crippen LogP contribution < -0.4 is 5.73 Å². The molecular formula is C14H18N2O2. The van der Waals surface area contributed by atoms with Crippen molar-refractivity contribution in [2.75, 3.05) is 0 Å². The molecule has 4 nitrogen and oxygen atoms in total. The summed E-state index contributed by atoms with van der Waals surface area (Å²) in [6.45, 7) is 0.266. The van der Waals surface area contributed by atoms with Gasteiger partial charge in [0, 0.05) is 18.2 Å². The van der Waals surface area contributed by atoms with Gasteiger partial charge in [-0.05, 0) is 24.8 Å². The van der Waals surface area contributed by atoms with E-state index >= 15 is 0 Å². The Labute approximate surface area is 107 Å². The van der Waals surface area contributed by atoms with Crippen LogP contribution in [0.1, 0.15) is 31.2 Å². The normalized spacial score (nSPS) is 21.8. The molecule has 1 aromatic rings. The maximum absolute atomic E-state index is 11.5. The summed E-state index contributed by atoms with van der Waals surface area (Å²) in [5.41, 5.74) is 7.66. The molecule has 0 radical (unpaired) electrons. The lowest BCUT2D eigenvalue weighted by Crippen LogP contribution is -2.28. The number of amides is 1. The van der Waals surface area contributed by atoms with Crippen molar-refractivity contribution in [1.29, 1.82) is 0 Å². The maximum Gasteiger partial charge on any atom is 0.433 e. The number of nitrogens with zero attached hydrogens (tertiary/aromatic N) is 1. The van der Waals surface area contributed by atoms with Crippen LogP contribution in [0.4, 0.5) is 4.79 Å². The molecule has 1 saturated carbocycles. The molecule has 1 aliphatic carbocycles. The van der Waals surface area contributed by atoms with Crippen LogP contribution in [0.15, 0.2) is 35.3 Å². The zero-order valence-electron chi connectivity index (χ0n) is 10.3. The van der Waals surface area contributed by atoms with Gasteiger partial charge in [-0.25, -0.2) is 4.79 Å². The van der Waals surface area contributed by atoms with Crippen molar-refractivity contribution in [2.24, 2.45) is 10.7 Å². The smallest absolute Gasteiger partial charge is 0.433 e. The monoisotopic (exact) mass is 246 g/mol. The minimum atomic E-state index is -0.511. The molecule has 2 rings (SSSR count). The molecule has 4 heteroatoms. The molecule has 1 fully saturated rings. The van der Waals surface area contributed by atoms with Crippen LogP contribution in [0.25, 0.3) is 0 Å². The van der Waals surface area contributed by atoms with Gasteiger partial charge < -0.3 is 10.5 Å². The number of benzene rings is 1. The van der Waals surface area contributed by atoms with E-state index in [1.807, 2.05) is 30.3 Å². The van der Waals surface area contributed by atoms with Gasteiger partial charge in [-0.15, -0.1) is 0 Å². The van der Waals surface area contributed by atoms with Crippen LogP contribution in [0.5, 0.6) is 0 Å². The van der Waals surface area contributed by atoms with Gasteiger partial charge in [0.25, 0.3) is 0 Å². The summed E-state index contributed by atoms with van der Waals surface area (Å²) < 4.78 is 5.10. The number of hydrogen-bond acceptors (Lipinski definition) is 3. The first-order valence-electron chi connectivity index (χ1n) is 6.27. The summed E-state index contributed by atoms with van der Waals surface area (Å²) in [7, 11) is 0. The van der Waals surface area contributed by atoms with Gasteiger partial charge in [0.1, 0.15) is 6.61 Å². The van der Waals surface area contributed by atoms with Crippen LogP contribution in [0.3, 0.4) is 0 Å². The van der Waals surface area contributed by atoms with Gasteiger partial charge in [0.2, 0.25) is 0 Å². The van der Waals surface area contributed by atoms with Crippen LogP contribution in [0, 0.1) is 0 Å². The Morgan fingerprint density at radius 3 is 2.89 bits per heavy atom. The fraction of sp³-hybridized carbons (Fsp3) is 0.429. The van der Waals surface area contributed by atoms with E-state index in [1.54, 1.807) is 0 Å². The number of nitrogens with two attached hydrogens (primary N) is 1. The summed E-state index contributed by atoms with van der Waals surface area (Å²) in [5, 5.41) is 0. The second kappa shape index (κ2) is 6.31. The van der Waals surface area contributed by atoms with E-state index in [0.717, 1.165) is 30.5 Å². The molecule has 0 spiro atoms. The van der Waals surface area contributed by atoms with E-state index in [0.29, 0.717) is 6.42 Å². The predicted molar refractivity (Wildman–Crippen MR) is 70.5 cm³/mol. The fourth-order valence-corrected chi connectivity index (χ4v) is 2.06.